The fraction of sp³-hybridized carbons (Fsp3) is 0.480. The lowest BCUT2D eigenvalue weighted by molar-refractivity contribution is -0.442. The Morgan fingerprint density at radius 1 is 0.605 bits per heavy atom. The van der Waals surface area contributed by atoms with Crippen molar-refractivity contribution in [2.45, 2.75) is 83.3 Å². The lowest BCUT2D eigenvalue weighted by Crippen LogP contribution is -2.33. The molecule has 2 aliphatic rings. The summed E-state index contributed by atoms with van der Waals surface area (Å²) in [6.45, 7) is 8.33. The minimum Gasteiger partial charge on any atom is -0.481 e. The molecule has 2 aliphatic heterocycles. The first-order valence-electron chi connectivity index (χ1n) is 24.1. The molecule has 4 aromatic carbocycles. The Morgan fingerprint density at radius 2 is 1.13 bits per heavy atom. The molecule has 0 radical (unpaired) electrons. The molecule has 0 fully saturated rings. The summed E-state index contributed by atoms with van der Waals surface area (Å²) in [5, 5.41) is 9.47. The summed E-state index contributed by atoms with van der Waals surface area (Å²) in [6, 6.07) is 9.55. The van der Waals surface area contributed by atoms with Crippen molar-refractivity contribution in [2.75, 3.05) is 98.3 Å². The average Bonchev–Trinajstić information content (AvgIpc) is 3.74. The van der Waals surface area contributed by atoms with Gasteiger partial charge >= 0.3 is 5.97 Å². The zero-order valence-electron chi connectivity index (χ0n) is 42.8. The van der Waals surface area contributed by atoms with Gasteiger partial charge in [-0.15, -0.1) is 0 Å². The summed E-state index contributed by atoms with van der Waals surface area (Å²) in [5.74, 6) is -0.958. The van der Waals surface area contributed by atoms with Gasteiger partial charge in [-0.3, -0.25) is 23.0 Å². The summed E-state index contributed by atoms with van der Waals surface area (Å²) in [6.07, 6.45) is 6.76. The lowest BCUT2D eigenvalue weighted by atomic mass is 9.74. The number of rotatable bonds is 30. The predicted molar refractivity (Wildman–Crippen MR) is 280 cm³/mol. The van der Waals surface area contributed by atoms with Crippen molar-refractivity contribution in [1.82, 2.24) is 0 Å². The molecule has 0 aliphatic carbocycles. The Kier molecular flexibility index (Phi) is 19.8. The third-order valence-corrected chi connectivity index (χ3v) is 16.9. The number of ether oxygens (including phenoxy) is 6. The van der Waals surface area contributed by atoms with E-state index in [1.165, 1.54) is 25.3 Å². The molecule has 2 heterocycles. The van der Waals surface area contributed by atoms with E-state index in [1.807, 2.05) is 25.7 Å². The van der Waals surface area contributed by atoms with Crippen molar-refractivity contribution in [3.8, 4) is 0 Å². The van der Waals surface area contributed by atoms with Gasteiger partial charge in [-0.2, -0.15) is 38.2 Å². The SMILES string of the molecule is COCCOCCOCCOCCC1(C)C(/C=C/C=C2/N(CCCCCC(=O)O)c3ccc4c(S(=O)(=O)O)cc(S(=O)(=O)O)cc4c3C2(C)C)=[N+](CCOCCOC)c2cc(S(=O)(=O)O)c3ccc(S(=O)(=O)O)cc3c21. The number of allylic oxidation sites excluding steroid dienone is 4. The van der Waals surface area contributed by atoms with Crippen LogP contribution in [0.15, 0.2) is 92.0 Å². The third kappa shape index (κ3) is 13.9. The fourth-order valence-electron chi connectivity index (χ4n) is 9.90. The normalized spacial score (nSPS) is 17.5. The summed E-state index contributed by atoms with van der Waals surface area (Å²) in [7, 11) is -16.8. The second kappa shape index (κ2) is 24.9. The van der Waals surface area contributed by atoms with E-state index in [9.17, 15) is 61.8 Å². The van der Waals surface area contributed by atoms with Gasteiger partial charge in [0, 0.05) is 79.1 Å². The van der Waals surface area contributed by atoms with E-state index < -0.39 is 76.9 Å². The third-order valence-electron chi connectivity index (χ3n) is 13.4. The molecule has 1 atom stereocenters. The molecule has 1 unspecified atom stereocenters. The maximum atomic E-state index is 13.2. The zero-order chi connectivity index (χ0) is 55.9. The molecule has 0 aromatic heterocycles. The number of methoxy groups -OCH3 is 2. The summed E-state index contributed by atoms with van der Waals surface area (Å²) < 4.78 is 179. The Hall–Kier alpha value is -4.78. The Balaban J connectivity index is 1.55. The Morgan fingerprint density at radius 3 is 1.70 bits per heavy atom. The smallest absolute Gasteiger partial charge is 0.303 e. The van der Waals surface area contributed by atoms with Crippen molar-refractivity contribution in [3.05, 3.63) is 83.6 Å². The van der Waals surface area contributed by atoms with Gasteiger partial charge in [0.15, 0.2) is 12.3 Å². The molecule has 0 spiro atoms. The van der Waals surface area contributed by atoms with E-state index >= 15 is 0 Å². The van der Waals surface area contributed by atoms with Gasteiger partial charge in [-0.1, -0.05) is 38.5 Å². The van der Waals surface area contributed by atoms with Crippen LogP contribution in [0.3, 0.4) is 0 Å². The Labute approximate surface area is 442 Å². The van der Waals surface area contributed by atoms with Gasteiger partial charge < -0.3 is 38.4 Å². The van der Waals surface area contributed by atoms with E-state index in [0.717, 1.165) is 18.2 Å². The highest BCUT2D eigenvalue weighted by atomic mass is 32.2. The number of hydrogen-bond donors (Lipinski definition) is 5. The molecule has 76 heavy (non-hydrogen) atoms. The van der Waals surface area contributed by atoms with Crippen LogP contribution in [0.1, 0.15) is 64.0 Å². The van der Waals surface area contributed by atoms with Crippen LogP contribution in [-0.2, 0) is 84.5 Å². The van der Waals surface area contributed by atoms with Crippen molar-refractivity contribution in [2.24, 2.45) is 0 Å². The second-order valence-electron chi connectivity index (χ2n) is 18.8. The molecule has 418 valence electrons. The topological polar surface area (TPSA) is 316 Å². The molecule has 4 aromatic rings. The van der Waals surface area contributed by atoms with E-state index in [0.29, 0.717) is 86.5 Å². The molecular weight excluding hydrogens is 1080 g/mol. The second-order valence-corrected chi connectivity index (χ2v) is 24.4. The van der Waals surface area contributed by atoms with Crippen LogP contribution in [0.5, 0.6) is 0 Å². The van der Waals surface area contributed by atoms with Gasteiger partial charge in [0.1, 0.15) is 16.4 Å². The summed E-state index contributed by atoms with van der Waals surface area (Å²) in [5.41, 5.74) is 0.553. The first kappa shape index (κ1) is 60.4. The van der Waals surface area contributed by atoms with E-state index in [2.05, 4.69) is 0 Å². The van der Waals surface area contributed by atoms with Crippen LogP contribution in [0.2, 0.25) is 0 Å². The largest absolute Gasteiger partial charge is 0.481 e. The molecule has 22 nitrogen and oxygen atoms in total. The number of carboxylic acids is 1. The highest BCUT2D eigenvalue weighted by Gasteiger charge is 2.50. The summed E-state index contributed by atoms with van der Waals surface area (Å²) >= 11 is 0. The number of unbranched alkanes of at least 4 members (excludes halogenated alkanes) is 2. The standard InChI is InChI=1S/C50H64N2O20S4/c1-49(2)44(51(18-8-6-7-12-46(53)54)40-16-15-37-38(47(40)49)31-35(74(58,59)60)32-42(37)75(61,62)63)10-9-11-45-50(3,17-20-69-26-27-72-29-28-71-25-23-68-5)48-39-30-34(73(55,56)57)13-14-36(39)43(76(64,65)66)33-41(48)52(45)19-21-70-24-22-67-4/h9-11,13-16,30-33H,6-8,12,17-29H2,1-5H3,(H4-,53,54,55,56,57,58,59,60,61,62,63,64,65,66)/p+1. The number of fused-ring (bicyclic) bond motifs is 6. The highest BCUT2D eigenvalue weighted by molar-refractivity contribution is 7.87. The zero-order valence-corrected chi connectivity index (χ0v) is 46.0. The van der Waals surface area contributed by atoms with Crippen molar-refractivity contribution in [1.29, 1.82) is 0 Å². The quantitative estimate of drug-likeness (QED) is 0.0228. The van der Waals surface area contributed by atoms with Crippen LogP contribution in [-0.4, -0.2) is 167 Å². The number of benzene rings is 4. The van der Waals surface area contributed by atoms with Crippen LogP contribution in [0, 0.1) is 0 Å². The molecule has 0 saturated carbocycles. The van der Waals surface area contributed by atoms with Crippen molar-refractivity contribution < 1.29 is 94.8 Å². The molecule has 0 bridgehead atoms. The molecule has 0 amide bonds. The van der Waals surface area contributed by atoms with Crippen LogP contribution in [0.4, 0.5) is 11.4 Å². The first-order chi connectivity index (χ1) is 35.7. The van der Waals surface area contributed by atoms with Crippen LogP contribution >= 0.6 is 0 Å². The average molecular weight is 1140 g/mol. The number of carbonyl (C=O) groups is 1. The maximum absolute atomic E-state index is 13.2. The maximum Gasteiger partial charge on any atom is 0.303 e. The first-order valence-corrected chi connectivity index (χ1v) is 29.9. The number of carboxylic acid groups (broad SMARTS) is 1. The van der Waals surface area contributed by atoms with Gasteiger partial charge in [0.2, 0.25) is 5.69 Å². The number of hydrogen-bond acceptors (Lipinski definition) is 16. The van der Waals surface area contributed by atoms with Crippen molar-refractivity contribution in [3.63, 3.8) is 0 Å². The predicted octanol–water partition coefficient (Wildman–Crippen LogP) is 5.97. The molecular formula is C50H65N2O20S4+. The lowest BCUT2D eigenvalue weighted by Gasteiger charge is -2.27. The minimum absolute atomic E-state index is 0.0206. The van der Waals surface area contributed by atoms with Gasteiger partial charge in [-0.25, -0.2) is 0 Å². The van der Waals surface area contributed by atoms with E-state index in [-0.39, 0.29) is 86.3 Å². The van der Waals surface area contributed by atoms with E-state index in [1.54, 1.807) is 36.0 Å². The van der Waals surface area contributed by atoms with Crippen LogP contribution < -0.4 is 4.90 Å². The molecule has 26 heteroatoms. The molecule has 0 saturated heterocycles. The highest BCUT2D eigenvalue weighted by Crippen LogP contribution is 2.53. The monoisotopic (exact) mass is 1140 g/mol. The fourth-order valence-corrected chi connectivity index (χ4v) is 12.5. The van der Waals surface area contributed by atoms with E-state index in [4.69, 9.17) is 28.4 Å². The molecule has 5 N–H and O–H groups in total. The van der Waals surface area contributed by atoms with Gasteiger partial charge in [-0.05, 0) is 78.9 Å². The van der Waals surface area contributed by atoms with Crippen molar-refractivity contribution >= 4 is 85.1 Å². The van der Waals surface area contributed by atoms with Gasteiger partial charge in [0.05, 0.1) is 68.1 Å². The number of aliphatic carboxylic acids is 1. The minimum atomic E-state index is -5.05. The molecule has 6 rings (SSSR count). The van der Waals surface area contributed by atoms with Crippen LogP contribution in [0.25, 0.3) is 21.5 Å². The summed E-state index contributed by atoms with van der Waals surface area (Å²) in [4.78, 5) is 10.7. The van der Waals surface area contributed by atoms with Gasteiger partial charge in [0.25, 0.3) is 40.5 Å². The number of anilines is 1. The number of nitrogens with zero attached hydrogens (tertiary/aromatic N) is 2. The Bertz CT molecular complexity index is 3370.